The summed E-state index contributed by atoms with van der Waals surface area (Å²) >= 11 is 1.96. The summed E-state index contributed by atoms with van der Waals surface area (Å²) in [4.78, 5) is 4.63. The van der Waals surface area contributed by atoms with Gasteiger partial charge in [-0.2, -0.15) is 11.8 Å². The summed E-state index contributed by atoms with van der Waals surface area (Å²) in [7, 11) is -2.81. The maximum atomic E-state index is 11.5. The van der Waals surface area contributed by atoms with Crippen LogP contribution in [0.3, 0.4) is 0 Å². The highest BCUT2D eigenvalue weighted by Crippen LogP contribution is 2.26. The molecular weight excluding hydrogens is 445 g/mol. The van der Waals surface area contributed by atoms with Crippen LogP contribution in [0.25, 0.3) is 0 Å². The van der Waals surface area contributed by atoms with Crippen molar-refractivity contribution in [3.05, 3.63) is 0 Å². The van der Waals surface area contributed by atoms with Crippen molar-refractivity contribution in [2.24, 2.45) is 10.9 Å². The number of guanidine groups is 1. The highest BCUT2D eigenvalue weighted by atomic mass is 127. The Morgan fingerprint density at radius 2 is 2.09 bits per heavy atom. The SMILES string of the molecule is CCNC(=NCC1CCS(=O)(=O)C1)NC1CCCC(SC)C1.I. The quantitative estimate of drug-likeness (QED) is 0.363. The van der Waals surface area contributed by atoms with Crippen molar-refractivity contribution in [3.63, 3.8) is 0 Å². The van der Waals surface area contributed by atoms with Gasteiger partial charge in [-0.1, -0.05) is 6.42 Å². The molecule has 3 unspecified atom stereocenters. The lowest BCUT2D eigenvalue weighted by atomic mass is 9.95. The molecule has 0 aromatic carbocycles. The Hall–Kier alpha value is 0.300. The predicted molar refractivity (Wildman–Crippen MR) is 111 cm³/mol. The van der Waals surface area contributed by atoms with E-state index in [9.17, 15) is 8.42 Å². The molecule has 2 N–H and O–H groups in total. The van der Waals surface area contributed by atoms with Crippen LogP contribution in [0.4, 0.5) is 0 Å². The van der Waals surface area contributed by atoms with E-state index < -0.39 is 9.84 Å². The van der Waals surface area contributed by atoms with E-state index in [-0.39, 0.29) is 29.9 Å². The van der Waals surface area contributed by atoms with Crippen LogP contribution in [0.5, 0.6) is 0 Å². The number of rotatable bonds is 5. The number of halogens is 1. The number of hydrogen-bond donors (Lipinski definition) is 2. The normalized spacial score (nSPS) is 30.5. The molecular formula is C15H30IN3O2S2. The molecule has 1 saturated carbocycles. The zero-order valence-corrected chi connectivity index (χ0v) is 18.0. The fraction of sp³-hybridized carbons (Fsp3) is 0.933. The summed E-state index contributed by atoms with van der Waals surface area (Å²) in [5.74, 6) is 1.66. The Labute approximate surface area is 162 Å². The molecule has 0 radical (unpaired) electrons. The summed E-state index contributed by atoms with van der Waals surface area (Å²) < 4.78 is 23.0. The van der Waals surface area contributed by atoms with E-state index in [1.165, 1.54) is 25.7 Å². The first-order chi connectivity index (χ1) is 10.5. The summed E-state index contributed by atoms with van der Waals surface area (Å²) in [5, 5.41) is 7.58. The molecule has 136 valence electrons. The van der Waals surface area contributed by atoms with E-state index in [1.807, 2.05) is 11.8 Å². The van der Waals surface area contributed by atoms with Gasteiger partial charge in [0.15, 0.2) is 15.8 Å². The molecule has 0 spiro atoms. The van der Waals surface area contributed by atoms with Gasteiger partial charge in [-0.15, -0.1) is 24.0 Å². The molecule has 0 aromatic rings. The maximum Gasteiger partial charge on any atom is 0.191 e. The van der Waals surface area contributed by atoms with Crippen LogP contribution in [0.15, 0.2) is 4.99 Å². The van der Waals surface area contributed by atoms with Gasteiger partial charge in [0, 0.05) is 24.4 Å². The lowest BCUT2D eigenvalue weighted by molar-refractivity contribution is 0.418. The third kappa shape index (κ3) is 7.37. The van der Waals surface area contributed by atoms with E-state index in [0.29, 0.717) is 24.1 Å². The second kappa shape index (κ2) is 10.3. The standard InChI is InChI=1S/C15H29N3O2S2.HI/c1-3-16-15(17-10-12-7-8-22(19,20)11-12)18-13-5-4-6-14(9-13)21-2;/h12-14H,3-11H2,1-2H3,(H2,16,17,18);1H. The first-order valence-corrected chi connectivity index (χ1v) is 11.4. The fourth-order valence-corrected chi connectivity index (χ4v) is 5.92. The van der Waals surface area contributed by atoms with Gasteiger partial charge in [0.25, 0.3) is 0 Å². The van der Waals surface area contributed by atoms with Gasteiger partial charge in [-0.05, 0) is 44.8 Å². The second-order valence-corrected chi connectivity index (χ2v) is 9.72. The molecule has 1 saturated heterocycles. The Kier molecular flexibility index (Phi) is 9.58. The van der Waals surface area contributed by atoms with Gasteiger partial charge < -0.3 is 10.6 Å². The zero-order chi connectivity index (χ0) is 16.0. The highest BCUT2D eigenvalue weighted by Gasteiger charge is 2.28. The van der Waals surface area contributed by atoms with Crippen LogP contribution < -0.4 is 10.6 Å². The van der Waals surface area contributed by atoms with Crippen molar-refractivity contribution in [3.8, 4) is 0 Å². The number of nitrogens with zero attached hydrogens (tertiary/aromatic N) is 1. The third-order valence-electron chi connectivity index (χ3n) is 4.48. The molecule has 1 aliphatic heterocycles. The maximum absolute atomic E-state index is 11.5. The van der Waals surface area contributed by atoms with Crippen LogP contribution in [0.2, 0.25) is 0 Å². The zero-order valence-electron chi connectivity index (χ0n) is 14.1. The first-order valence-electron chi connectivity index (χ1n) is 8.30. The minimum atomic E-state index is -2.81. The number of thioether (sulfide) groups is 1. The van der Waals surface area contributed by atoms with E-state index in [1.54, 1.807) is 0 Å². The Morgan fingerprint density at radius 3 is 2.70 bits per heavy atom. The summed E-state index contributed by atoms with van der Waals surface area (Å²) in [5.41, 5.74) is 0. The van der Waals surface area contributed by atoms with Gasteiger partial charge >= 0.3 is 0 Å². The summed E-state index contributed by atoms with van der Waals surface area (Å²) in [6, 6.07) is 0.483. The van der Waals surface area contributed by atoms with Gasteiger partial charge in [-0.3, -0.25) is 4.99 Å². The minimum Gasteiger partial charge on any atom is -0.357 e. The number of aliphatic imine (C=N–C) groups is 1. The molecule has 3 atom stereocenters. The average Bonchev–Trinajstić information content (AvgIpc) is 2.84. The van der Waals surface area contributed by atoms with Crippen molar-refractivity contribution in [1.82, 2.24) is 10.6 Å². The van der Waals surface area contributed by atoms with Crippen LogP contribution in [0, 0.1) is 5.92 Å². The summed E-state index contributed by atoms with van der Waals surface area (Å²) in [6.45, 7) is 3.49. The topological polar surface area (TPSA) is 70.6 Å². The molecule has 8 heteroatoms. The second-order valence-electron chi connectivity index (χ2n) is 6.35. The lowest BCUT2D eigenvalue weighted by Crippen LogP contribution is -2.46. The molecule has 1 heterocycles. The molecule has 0 aromatic heterocycles. The molecule has 0 bridgehead atoms. The van der Waals surface area contributed by atoms with Crippen molar-refractivity contribution in [2.75, 3.05) is 30.9 Å². The minimum absolute atomic E-state index is 0. The van der Waals surface area contributed by atoms with E-state index in [0.717, 1.165) is 24.2 Å². The van der Waals surface area contributed by atoms with Crippen molar-refractivity contribution in [1.29, 1.82) is 0 Å². The molecule has 2 rings (SSSR count). The van der Waals surface area contributed by atoms with Crippen molar-refractivity contribution < 1.29 is 8.42 Å². The molecule has 0 amide bonds. The molecule has 2 aliphatic rings. The molecule has 5 nitrogen and oxygen atoms in total. The monoisotopic (exact) mass is 475 g/mol. The van der Waals surface area contributed by atoms with Crippen molar-refractivity contribution >= 4 is 51.5 Å². The highest BCUT2D eigenvalue weighted by molar-refractivity contribution is 14.0. The van der Waals surface area contributed by atoms with E-state index in [2.05, 4.69) is 28.8 Å². The lowest BCUT2D eigenvalue weighted by Gasteiger charge is -2.30. The average molecular weight is 475 g/mol. The van der Waals surface area contributed by atoms with Crippen LogP contribution in [0.1, 0.15) is 39.0 Å². The number of nitrogens with one attached hydrogen (secondary N) is 2. The fourth-order valence-electron chi connectivity index (χ4n) is 3.24. The van der Waals surface area contributed by atoms with E-state index in [4.69, 9.17) is 0 Å². The van der Waals surface area contributed by atoms with E-state index >= 15 is 0 Å². The van der Waals surface area contributed by atoms with Crippen LogP contribution >= 0.6 is 35.7 Å². The van der Waals surface area contributed by atoms with Crippen molar-refractivity contribution in [2.45, 2.75) is 50.3 Å². The van der Waals surface area contributed by atoms with Gasteiger partial charge in [-0.25, -0.2) is 8.42 Å². The van der Waals surface area contributed by atoms with Gasteiger partial charge in [0.2, 0.25) is 0 Å². The number of sulfone groups is 1. The largest absolute Gasteiger partial charge is 0.357 e. The third-order valence-corrected chi connectivity index (χ3v) is 7.41. The Morgan fingerprint density at radius 1 is 1.30 bits per heavy atom. The molecule has 23 heavy (non-hydrogen) atoms. The summed E-state index contributed by atoms with van der Waals surface area (Å²) in [6.07, 6.45) is 7.90. The Balaban J connectivity index is 0.00000264. The van der Waals surface area contributed by atoms with Crippen LogP contribution in [-0.4, -0.2) is 56.5 Å². The smallest absolute Gasteiger partial charge is 0.191 e. The first kappa shape index (κ1) is 21.3. The van der Waals surface area contributed by atoms with Crippen LogP contribution in [-0.2, 0) is 9.84 Å². The molecule has 2 fully saturated rings. The molecule has 1 aliphatic carbocycles. The Bertz CT molecular complexity index is 485. The number of hydrogen-bond acceptors (Lipinski definition) is 4. The van der Waals surface area contributed by atoms with Gasteiger partial charge in [0.05, 0.1) is 11.5 Å². The van der Waals surface area contributed by atoms with Gasteiger partial charge in [0.1, 0.15) is 0 Å². The predicted octanol–water partition coefficient (Wildman–Crippen LogP) is 2.27.